The number of hydrogen-bond donors (Lipinski definition) is 0. The van der Waals surface area contributed by atoms with Gasteiger partial charge in [0.2, 0.25) is 0 Å². The lowest BCUT2D eigenvalue weighted by Gasteiger charge is -2.30. The Morgan fingerprint density at radius 1 is 1.12 bits per heavy atom. The number of thiazole rings is 1. The maximum Gasteiger partial charge on any atom is 0.274 e. The Hall–Kier alpha value is -1.00. The number of thiophene rings is 1. The number of nitrogens with zero attached hydrogens (tertiary/aromatic N) is 2. The van der Waals surface area contributed by atoms with Crippen molar-refractivity contribution in [3.63, 3.8) is 0 Å². The molecular formula is C16H15BrN2O3S3. The van der Waals surface area contributed by atoms with Crippen molar-refractivity contribution < 1.29 is 13.2 Å². The lowest BCUT2D eigenvalue weighted by Crippen LogP contribution is -2.41. The van der Waals surface area contributed by atoms with Crippen molar-refractivity contribution in [3.8, 4) is 5.19 Å². The van der Waals surface area contributed by atoms with Gasteiger partial charge in [-0.25, -0.2) is 13.4 Å². The molecule has 1 saturated heterocycles. The summed E-state index contributed by atoms with van der Waals surface area (Å²) in [6, 6.07) is 11.3. The lowest BCUT2D eigenvalue weighted by molar-refractivity contribution is 0.135. The molecule has 1 aliphatic heterocycles. The monoisotopic (exact) mass is 458 g/mol. The molecule has 1 fully saturated rings. The SMILES string of the molecule is O=S(=O)(c1ccc(Br)s1)N1CCC(Oc2nc3ccccc3s2)CC1. The summed E-state index contributed by atoms with van der Waals surface area (Å²) in [4.78, 5) is 4.49. The fraction of sp³-hybridized carbons (Fsp3) is 0.312. The molecule has 3 heterocycles. The van der Waals surface area contributed by atoms with Crippen molar-refractivity contribution in [2.45, 2.75) is 23.2 Å². The molecule has 0 bridgehead atoms. The van der Waals surface area contributed by atoms with Crippen LogP contribution in [0.3, 0.4) is 0 Å². The maximum atomic E-state index is 12.6. The molecule has 9 heteroatoms. The maximum absolute atomic E-state index is 12.6. The Balaban J connectivity index is 1.41. The van der Waals surface area contributed by atoms with E-state index in [0.29, 0.717) is 35.3 Å². The minimum atomic E-state index is -3.40. The molecule has 3 aromatic rings. The van der Waals surface area contributed by atoms with Gasteiger partial charge in [-0.3, -0.25) is 0 Å². The molecule has 2 aromatic heterocycles. The van der Waals surface area contributed by atoms with Crippen LogP contribution in [0, 0.1) is 0 Å². The van der Waals surface area contributed by atoms with Gasteiger partial charge in [-0.2, -0.15) is 4.31 Å². The van der Waals surface area contributed by atoms with E-state index in [4.69, 9.17) is 4.74 Å². The summed E-state index contributed by atoms with van der Waals surface area (Å²) >= 11 is 6.09. The predicted octanol–water partition coefficient (Wildman–Crippen LogP) is 4.35. The third kappa shape index (κ3) is 3.61. The first-order valence-electron chi connectivity index (χ1n) is 7.80. The summed E-state index contributed by atoms with van der Waals surface area (Å²) in [5.74, 6) is 0. The Kier molecular flexibility index (Phi) is 4.85. The molecule has 1 aliphatic rings. The van der Waals surface area contributed by atoms with Gasteiger partial charge in [0, 0.05) is 13.1 Å². The number of piperidine rings is 1. The van der Waals surface area contributed by atoms with E-state index >= 15 is 0 Å². The fourth-order valence-electron chi connectivity index (χ4n) is 2.80. The number of sulfonamides is 1. The first-order valence-corrected chi connectivity index (χ1v) is 11.7. The highest BCUT2D eigenvalue weighted by Gasteiger charge is 2.31. The second-order valence-corrected chi connectivity index (χ2v) is 11.3. The van der Waals surface area contributed by atoms with Gasteiger partial charge in [0.25, 0.3) is 15.2 Å². The first kappa shape index (κ1) is 17.4. The van der Waals surface area contributed by atoms with Crippen LogP contribution in [0.5, 0.6) is 5.19 Å². The second kappa shape index (κ2) is 6.96. The van der Waals surface area contributed by atoms with Crippen LogP contribution in [0.1, 0.15) is 12.8 Å². The van der Waals surface area contributed by atoms with E-state index in [1.165, 1.54) is 22.7 Å². The summed E-state index contributed by atoms with van der Waals surface area (Å²) in [5, 5.41) is 0.657. The highest BCUT2D eigenvalue weighted by Crippen LogP contribution is 2.32. The van der Waals surface area contributed by atoms with Crippen LogP contribution in [0.15, 0.2) is 44.4 Å². The van der Waals surface area contributed by atoms with E-state index in [0.717, 1.165) is 14.0 Å². The molecule has 0 N–H and O–H groups in total. The van der Waals surface area contributed by atoms with Crippen molar-refractivity contribution in [2.24, 2.45) is 0 Å². The van der Waals surface area contributed by atoms with Crippen LogP contribution in [0.25, 0.3) is 10.2 Å². The first-order chi connectivity index (χ1) is 12.0. The van der Waals surface area contributed by atoms with Gasteiger partial charge in [-0.15, -0.1) is 11.3 Å². The van der Waals surface area contributed by atoms with Gasteiger partial charge in [0.1, 0.15) is 10.3 Å². The topological polar surface area (TPSA) is 59.5 Å². The number of ether oxygens (including phenoxy) is 1. The van der Waals surface area contributed by atoms with Crippen molar-refractivity contribution >= 4 is 58.8 Å². The number of rotatable bonds is 4. The molecule has 0 unspecified atom stereocenters. The third-order valence-corrected chi connectivity index (χ3v) is 9.00. The van der Waals surface area contributed by atoms with Crippen LogP contribution in [-0.2, 0) is 10.0 Å². The largest absolute Gasteiger partial charge is 0.467 e. The van der Waals surface area contributed by atoms with Crippen molar-refractivity contribution in [3.05, 3.63) is 40.2 Å². The Labute approximate surface area is 162 Å². The highest BCUT2D eigenvalue weighted by atomic mass is 79.9. The van der Waals surface area contributed by atoms with E-state index in [9.17, 15) is 8.42 Å². The van der Waals surface area contributed by atoms with Gasteiger partial charge in [-0.05, 0) is 53.0 Å². The third-order valence-electron chi connectivity index (χ3n) is 4.09. The van der Waals surface area contributed by atoms with Gasteiger partial charge >= 0.3 is 0 Å². The second-order valence-electron chi connectivity index (χ2n) is 5.73. The van der Waals surface area contributed by atoms with E-state index in [1.54, 1.807) is 16.4 Å². The van der Waals surface area contributed by atoms with Gasteiger partial charge < -0.3 is 4.74 Å². The van der Waals surface area contributed by atoms with E-state index < -0.39 is 10.0 Å². The molecule has 0 saturated carbocycles. The number of fused-ring (bicyclic) bond motifs is 1. The number of halogens is 1. The Morgan fingerprint density at radius 2 is 1.88 bits per heavy atom. The van der Waals surface area contributed by atoms with Gasteiger partial charge in [0.05, 0.1) is 14.0 Å². The van der Waals surface area contributed by atoms with Gasteiger partial charge in [0.15, 0.2) is 0 Å². The van der Waals surface area contributed by atoms with E-state index in [2.05, 4.69) is 20.9 Å². The van der Waals surface area contributed by atoms with Crippen molar-refractivity contribution in [1.82, 2.24) is 9.29 Å². The number of aromatic nitrogens is 1. The van der Waals surface area contributed by atoms with E-state index in [1.807, 2.05) is 24.3 Å². The molecule has 132 valence electrons. The average Bonchev–Trinajstić information content (AvgIpc) is 3.21. The summed E-state index contributed by atoms with van der Waals surface area (Å²) in [6.07, 6.45) is 1.34. The molecule has 5 nitrogen and oxygen atoms in total. The Bertz CT molecular complexity index is 958. The molecule has 0 amide bonds. The van der Waals surface area contributed by atoms with Crippen molar-refractivity contribution in [1.29, 1.82) is 0 Å². The molecule has 0 spiro atoms. The Morgan fingerprint density at radius 3 is 2.56 bits per heavy atom. The number of para-hydroxylation sites is 1. The number of benzene rings is 1. The average molecular weight is 459 g/mol. The molecular weight excluding hydrogens is 444 g/mol. The predicted molar refractivity (Wildman–Crippen MR) is 104 cm³/mol. The van der Waals surface area contributed by atoms with Crippen LogP contribution >= 0.6 is 38.6 Å². The molecule has 25 heavy (non-hydrogen) atoms. The molecule has 4 rings (SSSR count). The molecule has 0 atom stereocenters. The molecule has 0 radical (unpaired) electrons. The minimum Gasteiger partial charge on any atom is -0.467 e. The van der Waals surface area contributed by atoms with Crippen LogP contribution in [0.4, 0.5) is 0 Å². The van der Waals surface area contributed by atoms with Crippen LogP contribution in [0.2, 0.25) is 0 Å². The lowest BCUT2D eigenvalue weighted by atomic mass is 10.1. The molecule has 1 aromatic carbocycles. The quantitative estimate of drug-likeness (QED) is 0.582. The van der Waals surface area contributed by atoms with Crippen LogP contribution < -0.4 is 4.74 Å². The summed E-state index contributed by atoms with van der Waals surface area (Å²) < 4.78 is 35.1. The highest BCUT2D eigenvalue weighted by molar-refractivity contribution is 9.11. The van der Waals surface area contributed by atoms with Gasteiger partial charge in [-0.1, -0.05) is 23.5 Å². The van der Waals surface area contributed by atoms with Crippen LogP contribution in [-0.4, -0.2) is 36.9 Å². The standard InChI is InChI=1S/C16H15BrN2O3S3/c17-14-5-6-15(24-14)25(20,21)19-9-7-11(8-10-19)22-16-18-12-3-1-2-4-13(12)23-16/h1-6,11H,7-10H2. The molecule has 0 aliphatic carbocycles. The normalized spacial score (nSPS) is 17.2. The summed E-state index contributed by atoms with van der Waals surface area (Å²) in [5.41, 5.74) is 0.936. The zero-order valence-electron chi connectivity index (χ0n) is 13.1. The zero-order valence-corrected chi connectivity index (χ0v) is 17.1. The minimum absolute atomic E-state index is 0.00193. The van der Waals surface area contributed by atoms with E-state index in [-0.39, 0.29) is 6.10 Å². The number of hydrogen-bond acceptors (Lipinski definition) is 6. The zero-order chi connectivity index (χ0) is 17.4. The smallest absolute Gasteiger partial charge is 0.274 e. The summed E-state index contributed by atoms with van der Waals surface area (Å²) in [6.45, 7) is 0.931. The summed E-state index contributed by atoms with van der Waals surface area (Å²) in [7, 11) is -3.40. The van der Waals surface area contributed by atoms with Crippen molar-refractivity contribution in [2.75, 3.05) is 13.1 Å². The fourth-order valence-corrected chi connectivity index (χ4v) is 7.31.